The Kier molecular flexibility index (Phi) is 5.94. The minimum Gasteiger partial charge on any atom is -1.00 e. The smallest absolute Gasteiger partial charge is 0.191 e. The lowest BCUT2D eigenvalue weighted by Crippen LogP contribution is -3.00. The second-order valence-electron chi connectivity index (χ2n) is 4.30. The molecule has 0 atom stereocenters. The van der Waals surface area contributed by atoms with E-state index in [1.54, 1.807) is 6.08 Å². The average molecular weight is 305 g/mol. The van der Waals surface area contributed by atoms with Gasteiger partial charge in [-0.1, -0.05) is 15.9 Å². The summed E-state index contributed by atoms with van der Waals surface area (Å²) in [7, 11) is 6.02. The first-order valence-corrected chi connectivity index (χ1v) is 5.48. The zero-order valence-corrected chi connectivity index (χ0v) is 11.9. The van der Waals surface area contributed by atoms with Crippen LogP contribution in [0.3, 0.4) is 0 Å². The predicted octanol–water partition coefficient (Wildman–Crippen LogP) is -0.144. The van der Waals surface area contributed by atoms with Gasteiger partial charge in [-0.05, 0) is 24.3 Å². The van der Waals surface area contributed by atoms with E-state index in [1.165, 1.54) is 0 Å². The van der Waals surface area contributed by atoms with Gasteiger partial charge < -0.3 is 16.9 Å². The summed E-state index contributed by atoms with van der Waals surface area (Å²) in [6, 6.07) is 7.36. The van der Waals surface area contributed by atoms with E-state index in [4.69, 9.17) is 0 Å². The third kappa shape index (κ3) is 5.45. The molecule has 0 heterocycles. The fourth-order valence-corrected chi connectivity index (χ4v) is 1.27. The molecule has 0 N–H and O–H groups in total. The maximum atomic E-state index is 11.7. The molecule has 0 amide bonds. The van der Waals surface area contributed by atoms with Crippen molar-refractivity contribution in [1.82, 2.24) is 0 Å². The number of nitrogens with zero attached hydrogens (tertiary/aromatic N) is 1. The number of hydrogen-bond donors (Lipinski definition) is 0. The highest BCUT2D eigenvalue weighted by Gasteiger charge is 2.05. The number of halogens is 2. The Morgan fingerprint density at radius 2 is 1.69 bits per heavy atom. The zero-order chi connectivity index (χ0) is 11.5. The van der Waals surface area contributed by atoms with Gasteiger partial charge in [0.25, 0.3) is 0 Å². The molecule has 0 saturated carbocycles. The van der Waals surface area contributed by atoms with Crippen LogP contribution in [0, 0.1) is 0 Å². The van der Waals surface area contributed by atoms with E-state index in [2.05, 4.69) is 15.9 Å². The zero-order valence-electron chi connectivity index (χ0n) is 9.58. The van der Waals surface area contributed by atoms with Gasteiger partial charge >= 0.3 is 0 Å². The molecule has 0 spiro atoms. The monoisotopic (exact) mass is 303 g/mol. The number of benzene rings is 1. The highest BCUT2D eigenvalue weighted by Crippen LogP contribution is 2.11. The Balaban J connectivity index is 0.00000225. The molecule has 0 aliphatic carbocycles. The molecule has 1 aromatic carbocycles. The van der Waals surface area contributed by atoms with Crippen LogP contribution in [-0.2, 0) is 0 Å². The van der Waals surface area contributed by atoms with Crippen molar-refractivity contribution in [3.8, 4) is 0 Å². The van der Waals surface area contributed by atoms with Gasteiger partial charge in [0.1, 0.15) is 0 Å². The van der Waals surface area contributed by atoms with Crippen LogP contribution in [0.15, 0.2) is 41.0 Å². The van der Waals surface area contributed by atoms with E-state index in [0.29, 0.717) is 10.0 Å². The topological polar surface area (TPSA) is 17.1 Å². The predicted molar refractivity (Wildman–Crippen MR) is 65.6 cm³/mol. The molecule has 0 aromatic heterocycles. The van der Waals surface area contributed by atoms with Crippen LogP contribution in [0.5, 0.6) is 0 Å². The quantitative estimate of drug-likeness (QED) is 0.431. The molecule has 0 aliphatic rings. The van der Waals surface area contributed by atoms with Crippen LogP contribution in [0.4, 0.5) is 0 Å². The van der Waals surface area contributed by atoms with E-state index >= 15 is 0 Å². The number of carbonyl (C=O) groups excluding carboxylic acids is 1. The summed E-state index contributed by atoms with van der Waals surface area (Å²) in [5.41, 5.74) is 0.711. The van der Waals surface area contributed by atoms with Crippen molar-refractivity contribution in [3.05, 3.63) is 46.6 Å². The molecule has 0 aliphatic heterocycles. The Hall–Kier alpha value is -0.640. The Bertz CT molecular complexity index is 379. The van der Waals surface area contributed by atoms with Crippen LogP contribution < -0.4 is 12.4 Å². The first-order chi connectivity index (χ1) is 6.88. The SMILES string of the molecule is C[N+](C)(C)/C=C/C(=O)c1ccc(Br)cc1.[Cl-]. The van der Waals surface area contributed by atoms with Gasteiger partial charge in [-0.2, -0.15) is 0 Å². The second kappa shape index (κ2) is 6.18. The highest BCUT2D eigenvalue weighted by molar-refractivity contribution is 9.10. The van der Waals surface area contributed by atoms with Crippen LogP contribution in [-0.4, -0.2) is 31.4 Å². The number of hydrogen-bond acceptors (Lipinski definition) is 1. The fraction of sp³-hybridized carbons (Fsp3) is 0.250. The van der Waals surface area contributed by atoms with E-state index in [9.17, 15) is 4.79 Å². The first-order valence-electron chi connectivity index (χ1n) is 4.69. The summed E-state index contributed by atoms with van der Waals surface area (Å²) < 4.78 is 1.62. The van der Waals surface area contributed by atoms with E-state index in [1.807, 2.05) is 51.6 Å². The van der Waals surface area contributed by atoms with Crippen molar-refractivity contribution in [2.24, 2.45) is 0 Å². The third-order valence-electron chi connectivity index (χ3n) is 1.80. The van der Waals surface area contributed by atoms with Gasteiger partial charge in [-0.3, -0.25) is 4.79 Å². The Morgan fingerprint density at radius 3 is 2.12 bits per heavy atom. The summed E-state index contributed by atoms with van der Waals surface area (Å²) in [5.74, 6) is 0.0375. The second-order valence-corrected chi connectivity index (χ2v) is 5.22. The fourth-order valence-electron chi connectivity index (χ4n) is 1.00. The summed E-state index contributed by atoms with van der Waals surface area (Å²) in [5, 5.41) is 0. The minimum absolute atomic E-state index is 0. The van der Waals surface area contributed by atoms with Crippen molar-refractivity contribution >= 4 is 21.7 Å². The normalized spacial score (nSPS) is 11.2. The lowest BCUT2D eigenvalue weighted by molar-refractivity contribution is -0.817. The van der Waals surface area contributed by atoms with E-state index in [0.717, 1.165) is 4.47 Å². The molecule has 0 unspecified atom stereocenters. The molecule has 1 rings (SSSR count). The lowest BCUT2D eigenvalue weighted by atomic mass is 10.1. The van der Waals surface area contributed by atoms with Gasteiger partial charge in [0, 0.05) is 16.1 Å². The van der Waals surface area contributed by atoms with Gasteiger partial charge in [0.2, 0.25) is 0 Å². The molecular weight excluding hydrogens is 289 g/mol. The summed E-state index contributed by atoms with van der Waals surface area (Å²) in [4.78, 5) is 11.7. The molecule has 1 aromatic rings. The molecule has 0 fully saturated rings. The van der Waals surface area contributed by atoms with Crippen LogP contribution in [0.25, 0.3) is 0 Å². The standard InChI is InChI=1S/C12H15BrNO.ClH/c1-14(2,3)9-8-12(15)10-4-6-11(13)7-5-10;/h4-9H,1-3H3;1H/q+1;/p-1/b9-8+;. The number of quaternary nitrogens is 1. The molecule has 88 valence electrons. The molecule has 0 saturated heterocycles. The number of carbonyl (C=O) groups is 1. The largest absolute Gasteiger partial charge is 1.00 e. The lowest BCUT2D eigenvalue weighted by Gasteiger charge is -2.16. The molecule has 16 heavy (non-hydrogen) atoms. The van der Waals surface area contributed by atoms with Gasteiger partial charge in [0.15, 0.2) is 5.78 Å². The molecule has 0 bridgehead atoms. The number of ketones is 1. The van der Waals surface area contributed by atoms with Crippen molar-refractivity contribution in [2.75, 3.05) is 21.1 Å². The van der Waals surface area contributed by atoms with Gasteiger partial charge in [-0.15, -0.1) is 0 Å². The highest BCUT2D eigenvalue weighted by atomic mass is 79.9. The van der Waals surface area contributed by atoms with Gasteiger partial charge in [-0.25, -0.2) is 0 Å². The van der Waals surface area contributed by atoms with Crippen LogP contribution in [0.2, 0.25) is 0 Å². The molecular formula is C12H15BrClNO. The van der Waals surface area contributed by atoms with E-state index in [-0.39, 0.29) is 18.2 Å². The van der Waals surface area contributed by atoms with Gasteiger partial charge in [0.05, 0.1) is 27.3 Å². The first kappa shape index (κ1) is 15.4. The van der Waals surface area contributed by atoms with Crippen molar-refractivity contribution < 1.29 is 21.7 Å². The Morgan fingerprint density at radius 1 is 1.19 bits per heavy atom. The van der Waals surface area contributed by atoms with Crippen molar-refractivity contribution in [1.29, 1.82) is 0 Å². The maximum Gasteiger partial charge on any atom is 0.191 e. The third-order valence-corrected chi connectivity index (χ3v) is 2.33. The Labute approximate surface area is 111 Å². The summed E-state index contributed by atoms with van der Waals surface area (Å²) >= 11 is 3.33. The van der Waals surface area contributed by atoms with Crippen LogP contribution in [0.1, 0.15) is 10.4 Å². The summed E-state index contributed by atoms with van der Waals surface area (Å²) in [6.07, 6.45) is 3.48. The number of rotatable bonds is 3. The number of allylic oxidation sites excluding steroid dienone is 1. The molecule has 4 heteroatoms. The summed E-state index contributed by atoms with van der Waals surface area (Å²) in [6.45, 7) is 0. The maximum absolute atomic E-state index is 11.7. The molecule has 0 radical (unpaired) electrons. The minimum atomic E-state index is 0. The van der Waals surface area contributed by atoms with Crippen molar-refractivity contribution in [2.45, 2.75) is 0 Å². The molecule has 2 nitrogen and oxygen atoms in total. The van der Waals surface area contributed by atoms with Crippen molar-refractivity contribution in [3.63, 3.8) is 0 Å². The van der Waals surface area contributed by atoms with Crippen LogP contribution >= 0.6 is 15.9 Å². The average Bonchev–Trinajstić information content (AvgIpc) is 2.14. The van der Waals surface area contributed by atoms with E-state index < -0.39 is 0 Å².